The molecule has 4 heteroatoms. The highest BCUT2D eigenvalue weighted by molar-refractivity contribution is 5.85. The first-order valence-corrected chi connectivity index (χ1v) is 4.18. The van der Waals surface area contributed by atoms with Gasteiger partial charge < -0.3 is 10.5 Å². The van der Waals surface area contributed by atoms with E-state index >= 15 is 0 Å². The lowest BCUT2D eigenvalue weighted by molar-refractivity contribution is -0.152. The van der Waals surface area contributed by atoms with E-state index in [0.717, 1.165) is 0 Å². The zero-order valence-corrected chi connectivity index (χ0v) is 9.77. The molecule has 0 saturated carbocycles. The summed E-state index contributed by atoms with van der Waals surface area (Å²) >= 11 is 0. The molecular weight excluding hydrogens is 190 g/mol. The first kappa shape index (κ1) is 15.2. The number of halogens is 1. The summed E-state index contributed by atoms with van der Waals surface area (Å²) in [7, 11) is 1.39. The Morgan fingerprint density at radius 2 is 1.77 bits per heavy atom. The zero-order chi connectivity index (χ0) is 9.94. The van der Waals surface area contributed by atoms with Crippen LogP contribution in [0, 0.1) is 11.3 Å². The Bertz CT molecular complexity index is 169. The largest absolute Gasteiger partial charge is 0.469 e. The van der Waals surface area contributed by atoms with E-state index in [0.29, 0.717) is 0 Å². The van der Waals surface area contributed by atoms with Crippen molar-refractivity contribution in [2.24, 2.45) is 17.1 Å². The van der Waals surface area contributed by atoms with E-state index in [1.54, 1.807) is 0 Å². The van der Waals surface area contributed by atoms with Crippen molar-refractivity contribution in [3.8, 4) is 0 Å². The van der Waals surface area contributed by atoms with Crippen LogP contribution in [0.25, 0.3) is 0 Å². The van der Waals surface area contributed by atoms with E-state index in [-0.39, 0.29) is 30.3 Å². The number of carbonyl (C=O) groups is 1. The van der Waals surface area contributed by atoms with E-state index in [1.165, 1.54) is 7.11 Å². The third-order valence-corrected chi connectivity index (χ3v) is 2.26. The molecule has 0 heterocycles. The Kier molecular flexibility index (Phi) is 6.37. The third-order valence-electron chi connectivity index (χ3n) is 2.26. The van der Waals surface area contributed by atoms with Gasteiger partial charge in [-0.2, -0.15) is 0 Å². The SMILES string of the molecule is COC(=O)C(C)(C)[C@H](N)C(C)C.Cl. The van der Waals surface area contributed by atoms with Gasteiger partial charge in [0.05, 0.1) is 12.5 Å². The highest BCUT2D eigenvalue weighted by Crippen LogP contribution is 2.25. The van der Waals surface area contributed by atoms with Gasteiger partial charge in [-0.05, 0) is 19.8 Å². The molecule has 13 heavy (non-hydrogen) atoms. The van der Waals surface area contributed by atoms with Crippen LogP contribution >= 0.6 is 12.4 Å². The summed E-state index contributed by atoms with van der Waals surface area (Å²) in [4.78, 5) is 11.3. The molecule has 0 rings (SSSR count). The second-order valence-electron chi connectivity index (χ2n) is 3.98. The molecule has 2 N–H and O–H groups in total. The molecule has 0 unspecified atom stereocenters. The van der Waals surface area contributed by atoms with Crippen LogP contribution in [0.2, 0.25) is 0 Å². The summed E-state index contributed by atoms with van der Waals surface area (Å²) < 4.78 is 4.67. The van der Waals surface area contributed by atoms with Gasteiger partial charge in [0.1, 0.15) is 0 Å². The van der Waals surface area contributed by atoms with E-state index < -0.39 is 5.41 Å². The number of hydrogen-bond donors (Lipinski definition) is 1. The van der Waals surface area contributed by atoms with Crippen molar-refractivity contribution in [3.05, 3.63) is 0 Å². The molecule has 0 bridgehead atoms. The van der Waals surface area contributed by atoms with Crippen LogP contribution in [-0.4, -0.2) is 19.1 Å². The molecule has 0 aliphatic heterocycles. The number of carbonyl (C=O) groups excluding carboxylic acids is 1. The fourth-order valence-corrected chi connectivity index (χ4v) is 1.23. The molecular formula is C9H20ClNO2. The topological polar surface area (TPSA) is 52.3 Å². The van der Waals surface area contributed by atoms with Crippen molar-refractivity contribution in [1.29, 1.82) is 0 Å². The Labute approximate surface area is 86.4 Å². The van der Waals surface area contributed by atoms with E-state index in [4.69, 9.17) is 5.73 Å². The number of rotatable bonds is 3. The van der Waals surface area contributed by atoms with E-state index in [2.05, 4.69) is 4.74 Å². The summed E-state index contributed by atoms with van der Waals surface area (Å²) in [5.74, 6) is 0.0304. The second kappa shape index (κ2) is 5.45. The summed E-state index contributed by atoms with van der Waals surface area (Å²) in [6.07, 6.45) is 0. The number of esters is 1. The molecule has 0 fully saturated rings. The highest BCUT2D eigenvalue weighted by Gasteiger charge is 2.36. The molecule has 0 aromatic rings. The van der Waals surface area contributed by atoms with Crippen LogP contribution in [0.1, 0.15) is 27.7 Å². The Hall–Kier alpha value is -0.280. The van der Waals surface area contributed by atoms with Crippen molar-refractivity contribution in [3.63, 3.8) is 0 Å². The van der Waals surface area contributed by atoms with Crippen molar-refractivity contribution in [2.75, 3.05) is 7.11 Å². The van der Waals surface area contributed by atoms with Crippen molar-refractivity contribution < 1.29 is 9.53 Å². The van der Waals surface area contributed by atoms with E-state index in [1.807, 2.05) is 27.7 Å². The first-order chi connectivity index (χ1) is 5.34. The Morgan fingerprint density at radius 1 is 1.38 bits per heavy atom. The Morgan fingerprint density at radius 3 is 2.00 bits per heavy atom. The fourth-order valence-electron chi connectivity index (χ4n) is 1.23. The standard InChI is InChI=1S/C9H19NO2.ClH/c1-6(2)7(10)9(3,4)8(11)12-5;/h6-7H,10H2,1-5H3;1H/t7-;/m1./s1. The van der Waals surface area contributed by atoms with Crippen molar-refractivity contribution in [2.45, 2.75) is 33.7 Å². The van der Waals surface area contributed by atoms with Gasteiger partial charge in [0.25, 0.3) is 0 Å². The lowest BCUT2D eigenvalue weighted by Gasteiger charge is -2.31. The lowest BCUT2D eigenvalue weighted by Crippen LogP contribution is -2.47. The predicted octanol–water partition coefficient (Wildman–Crippen LogP) is 1.59. The maximum Gasteiger partial charge on any atom is 0.312 e. The average Bonchev–Trinajstić information content (AvgIpc) is 2.01. The minimum atomic E-state index is -0.594. The van der Waals surface area contributed by atoms with Gasteiger partial charge in [0, 0.05) is 6.04 Å². The summed E-state index contributed by atoms with van der Waals surface area (Å²) in [6.45, 7) is 7.61. The van der Waals surface area contributed by atoms with Gasteiger partial charge in [-0.15, -0.1) is 12.4 Å². The summed E-state index contributed by atoms with van der Waals surface area (Å²) in [5.41, 5.74) is 5.28. The molecule has 0 radical (unpaired) electrons. The second-order valence-corrected chi connectivity index (χ2v) is 3.98. The summed E-state index contributed by atoms with van der Waals surface area (Å²) in [6, 6.07) is -0.162. The van der Waals surface area contributed by atoms with Crippen LogP contribution in [0.5, 0.6) is 0 Å². The van der Waals surface area contributed by atoms with Crippen LogP contribution < -0.4 is 5.73 Å². The number of hydrogen-bond acceptors (Lipinski definition) is 3. The zero-order valence-electron chi connectivity index (χ0n) is 8.96. The van der Waals surface area contributed by atoms with Gasteiger partial charge in [-0.1, -0.05) is 13.8 Å². The molecule has 0 amide bonds. The molecule has 3 nitrogen and oxygen atoms in total. The summed E-state index contributed by atoms with van der Waals surface area (Å²) in [5, 5.41) is 0. The third kappa shape index (κ3) is 3.53. The molecule has 0 aliphatic carbocycles. The first-order valence-electron chi connectivity index (χ1n) is 4.18. The molecule has 0 aromatic heterocycles. The van der Waals surface area contributed by atoms with Crippen molar-refractivity contribution >= 4 is 18.4 Å². The smallest absolute Gasteiger partial charge is 0.312 e. The predicted molar refractivity (Wildman–Crippen MR) is 55.9 cm³/mol. The van der Waals surface area contributed by atoms with Gasteiger partial charge in [0.15, 0.2) is 0 Å². The number of ether oxygens (including phenoxy) is 1. The normalized spacial score (nSPS) is 13.5. The van der Waals surface area contributed by atoms with Crippen LogP contribution in [0.15, 0.2) is 0 Å². The Balaban J connectivity index is 0. The average molecular weight is 210 g/mol. The lowest BCUT2D eigenvalue weighted by atomic mass is 9.79. The van der Waals surface area contributed by atoms with Gasteiger partial charge in [0.2, 0.25) is 0 Å². The molecule has 1 atom stereocenters. The van der Waals surface area contributed by atoms with Crippen LogP contribution in [0.3, 0.4) is 0 Å². The molecule has 0 aromatic carbocycles. The van der Waals surface area contributed by atoms with E-state index in [9.17, 15) is 4.79 Å². The molecule has 80 valence electrons. The van der Waals surface area contributed by atoms with Gasteiger partial charge >= 0.3 is 5.97 Å². The highest BCUT2D eigenvalue weighted by atomic mass is 35.5. The minimum Gasteiger partial charge on any atom is -0.469 e. The van der Waals surface area contributed by atoms with Crippen LogP contribution in [0.4, 0.5) is 0 Å². The molecule has 0 spiro atoms. The molecule has 0 aliphatic rings. The maximum atomic E-state index is 11.3. The van der Waals surface area contributed by atoms with Gasteiger partial charge in [-0.3, -0.25) is 4.79 Å². The quantitative estimate of drug-likeness (QED) is 0.719. The fraction of sp³-hybridized carbons (Fsp3) is 0.889. The monoisotopic (exact) mass is 209 g/mol. The minimum absolute atomic E-state index is 0. The van der Waals surface area contributed by atoms with Crippen molar-refractivity contribution in [1.82, 2.24) is 0 Å². The maximum absolute atomic E-state index is 11.3. The van der Waals surface area contributed by atoms with Gasteiger partial charge in [-0.25, -0.2) is 0 Å². The van der Waals surface area contributed by atoms with Crippen LogP contribution in [-0.2, 0) is 9.53 Å². The molecule has 0 saturated heterocycles. The number of nitrogens with two attached hydrogens (primary N) is 1. The number of methoxy groups -OCH3 is 1.